The molecule has 0 saturated carbocycles. The van der Waals surface area contributed by atoms with Crippen molar-refractivity contribution >= 4 is 27.7 Å². The van der Waals surface area contributed by atoms with Gasteiger partial charge >= 0.3 is 11.6 Å². The first-order valence-electron chi connectivity index (χ1n) is 6.47. The summed E-state index contributed by atoms with van der Waals surface area (Å²) in [5, 5.41) is 10.5. The lowest BCUT2D eigenvalue weighted by Crippen LogP contribution is -2.09. The number of carboxylic acids is 1. The molecule has 1 N–H and O–H groups in total. The predicted octanol–water partition coefficient (Wildman–Crippen LogP) is 2.42. The van der Waals surface area contributed by atoms with E-state index in [-0.39, 0.29) is 0 Å². The molecule has 0 aliphatic heterocycles. The maximum absolute atomic E-state index is 12.1. The highest BCUT2D eigenvalue weighted by molar-refractivity contribution is 6.04. The number of ether oxygens (including phenoxy) is 2. The number of carboxylic acid groups (broad SMARTS) is 1. The molecular formula is C16H12O6. The second kappa shape index (κ2) is 5.40. The summed E-state index contributed by atoms with van der Waals surface area (Å²) in [6, 6.07) is 10.0. The molecule has 0 fully saturated rings. The molecule has 1 aromatic heterocycles. The van der Waals surface area contributed by atoms with Crippen LogP contribution in [0.3, 0.4) is 0 Å². The van der Waals surface area contributed by atoms with Gasteiger partial charge < -0.3 is 19.0 Å². The lowest BCUT2D eigenvalue weighted by Gasteiger charge is -2.07. The molecule has 0 aliphatic carbocycles. The van der Waals surface area contributed by atoms with E-state index in [0.717, 1.165) is 10.8 Å². The summed E-state index contributed by atoms with van der Waals surface area (Å²) in [4.78, 5) is 22.6. The number of hydrogen-bond acceptors (Lipinski definition) is 5. The largest absolute Gasteiger partial charge is 0.497 e. The highest BCUT2D eigenvalue weighted by Gasteiger charge is 2.10. The fraction of sp³-hybridized carbons (Fsp3) is 0.125. The zero-order valence-corrected chi connectivity index (χ0v) is 11.7. The van der Waals surface area contributed by atoms with Crippen LogP contribution in [0.25, 0.3) is 21.7 Å². The normalized spacial score (nSPS) is 10.8. The Labute approximate surface area is 124 Å². The Morgan fingerprint density at radius 1 is 1.09 bits per heavy atom. The Balaban J connectivity index is 2.17. The summed E-state index contributed by atoms with van der Waals surface area (Å²) in [6.07, 6.45) is 0. The zero-order valence-electron chi connectivity index (χ0n) is 11.7. The number of methoxy groups -OCH3 is 1. The molecule has 0 radical (unpaired) electrons. The van der Waals surface area contributed by atoms with Crippen molar-refractivity contribution in [3.63, 3.8) is 0 Å². The van der Waals surface area contributed by atoms with E-state index < -0.39 is 18.2 Å². The topological polar surface area (TPSA) is 86.0 Å². The first-order chi connectivity index (χ1) is 10.6. The van der Waals surface area contributed by atoms with Crippen LogP contribution in [0, 0.1) is 0 Å². The maximum atomic E-state index is 12.1. The van der Waals surface area contributed by atoms with Gasteiger partial charge in [0.15, 0.2) is 6.61 Å². The summed E-state index contributed by atoms with van der Waals surface area (Å²) in [5.74, 6) is -0.182. The molecule has 0 aliphatic rings. The SMILES string of the molecule is COc1ccc2c(c1)c(=O)oc1cc(OCC(=O)O)ccc12. The van der Waals surface area contributed by atoms with Crippen LogP contribution in [0.4, 0.5) is 0 Å². The zero-order chi connectivity index (χ0) is 15.7. The number of benzene rings is 2. The van der Waals surface area contributed by atoms with Crippen LogP contribution in [0.5, 0.6) is 11.5 Å². The van der Waals surface area contributed by atoms with Crippen LogP contribution in [0.2, 0.25) is 0 Å². The molecule has 0 spiro atoms. The van der Waals surface area contributed by atoms with Gasteiger partial charge in [0.05, 0.1) is 12.5 Å². The molecule has 2 aromatic carbocycles. The molecule has 112 valence electrons. The Morgan fingerprint density at radius 3 is 2.55 bits per heavy atom. The molecule has 0 unspecified atom stereocenters. The number of carbonyl (C=O) groups is 1. The van der Waals surface area contributed by atoms with Crippen LogP contribution >= 0.6 is 0 Å². The number of fused-ring (bicyclic) bond motifs is 3. The van der Waals surface area contributed by atoms with Gasteiger partial charge in [0.1, 0.15) is 17.1 Å². The van der Waals surface area contributed by atoms with Gasteiger partial charge in [-0.3, -0.25) is 0 Å². The van der Waals surface area contributed by atoms with E-state index in [0.29, 0.717) is 22.5 Å². The van der Waals surface area contributed by atoms with Gasteiger partial charge in [0, 0.05) is 16.8 Å². The molecule has 3 aromatic rings. The van der Waals surface area contributed by atoms with Gasteiger partial charge in [-0.1, -0.05) is 0 Å². The third-order valence-electron chi connectivity index (χ3n) is 3.25. The van der Waals surface area contributed by atoms with E-state index in [1.165, 1.54) is 13.2 Å². The number of rotatable bonds is 4. The third-order valence-corrected chi connectivity index (χ3v) is 3.25. The van der Waals surface area contributed by atoms with E-state index >= 15 is 0 Å². The van der Waals surface area contributed by atoms with Gasteiger partial charge in [0.2, 0.25) is 0 Å². The van der Waals surface area contributed by atoms with Crippen molar-refractivity contribution in [3.8, 4) is 11.5 Å². The van der Waals surface area contributed by atoms with Crippen molar-refractivity contribution in [3.05, 3.63) is 46.8 Å². The average molecular weight is 300 g/mol. The minimum atomic E-state index is -1.08. The molecule has 3 rings (SSSR count). The fourth-order valence-electron chi connectivity index (χ4n) is 2.25. The van der Waals surface area contributed by atoms with Crippen molar-refractivity contribution < 1.29 is 23.8 Å². The van der Waals surface area contributed by atoms with Crippen LogP contribution in [0.1, 0.15) is 0 Å². The molecule has 0 bridgehead atoms. The minimum absolute atomic E-state index is 0.325. The second-order valence-corrected chi connectivity index (χ2v) is 4.64. The summed E-state index contributed by atoms with van der Waals surface area (Å²) in [7, 11) is 1.52. The van der Waals surface area contributed by atoms with E-state index in [4.69, 9.17) is 19.0 Å². The molecule has 6 nitrogen and oxygen atoms in total. The smallest absolute Gasteiger partial charge is 0.344 e. The second-order valence-electron chi connectivity index (χ2n) is 4.64. The Hall–Kier alpha value is -3.02. The van der Waals surface area contributed by atoms with E-state index in [1.54, 1.807) is 30.3 Å². The Morgan fingerprint density at radius 2 is 1.82 bits per heavy atom. The van der Waals surface area contributed by atoms with Crippen molar-refractivity contribution in [2.24, 2.45) is 0 Å². The fourth-order valence-corrected chi connectivity index (χ4v) is 2.25. The summed E-state index contributed by atoms with van der Waals surface area (Å²) in [6.45, 7) is -0.458. The summed E-state index contributed by atoms with van der Waals surface area (Å²) in [5.41, 5.74) is -0.151. The van der Waals surface area contributed by atoms with E-state index in [9.17, 15) is 9.59 Å². The van der Waals surface area contributed by atoms with Crippen LogP contribution in [-0.2, 0) is 4.79 Å². The molecular weight excluding hydrogens is 288 g/mol. The van der Waals surface area contributed by atoms with E-state index in [2.05, 4.69) is 0 Å². The monoisotopic (exact) mass is 300 g/mol. The van der Waals surface area contributed by atoms with Gasteiger partial charge in [0.25, 0.3) is 0 Å². The van der Waals surface area contributed by atoms with Crippen molar-refractivity contribution in [2.75, 3.05) is 13.7 Å². The minimum Gasteiger partial charge on any atom is -0.497 e. The Bertz CT molecular complexity index is 925. The van der Waals surface area contributed by atoms with Crippen LogP contribution < -0.4 is 15.1 Å². The lowest BCUT2D eigenvalue weighted by molar-refractivity contribution is -0.139. The quantitative estimate of drug-likeness (QED) is 0.588. The first kappa shape index (κ1) is 13.9. The average Bonchev–Trinajstić information content (AvgIpc) is 2.52. The van der Waals surface area contributed by atoms with Crippen molar-refractivity contribution in [1.29, 1.82) is 0 Å². The molecule has 0 amide bonds. The molecule has 22 heavy (non-hydrogen) atoms. The molecule has 1 heterocycles. The van der Waals surface area contributed by atoms with Crippen LogP contribution in [-0.4, -0.2) is 24.8 Å². The van der Waals surface area contributed by atoms with Crippen molar-refractivity contribution in [2.45, 2.75) is 0 Å². The summed E-state index contributed by atoms with van der Waals surface area (Å²) < 4.78 is 15.5. The lowest BCUT2D eigenvalue weighted by atomic mass is 10.1. The molecule has 0 saturated heterocycles. The first-order valence-corrected chi connectivity index (χ1v) is 6.47. The van der Waals surface area contributed by atoms with Gasteiger partial charge in [-0.15, -0.1) is 0 Å². The van der Waals surface area contributed by atoms with E-state index in [1.807, 2.05) is 0 Å². The van der Waals surface area contributed by atoms with Gasteiger partial charge in [-0.25, -0.2) is 9.59 Å². The van der Waals surface area contributed by atoms with Gasteiger partial charge in [-0.05, 0) is 30.3 Å². The highest BCUT2D eigenvalue weighted by Crippen LogP contribution is 2.28. The number of aliphatic carboxylic acids is 1. The molecule has 6 heteroatoms. The third kappa shape index (κ3) is 2.46. The highest BCUT2D eigenvalue weighted by atomic mass is 16.5. The van der Waals surface area contributed by atoms with Crippen molar-refractivity contribution in [1.82, 2.24) is 0 Å². The standard InChI is InChI=1S/C16H12O6/c1-20-9-2-4-11-12-5-3-10(21-8-15(17)18)7-14(12)22-16(19)13(11)6-9/h2-7H,8H2,1H3,(H,17,18). The number of hydrogen-bond donors (Lipinski definition) is 1. The Kier molecular flexibility index (Phi) is 3.42. The predicted molar refractivity (Wildman–Crippen MR) is 79.7 cm³/mol. The summed E-state index contributed by atoms with van der Waals surface area (Å²) >= 11 is 0. The molecule has 0 atom stereocenters. The maximum Gasteiger partial charge on any atom is 0.344 e. The van der Waals surface area contributed by atoms with Crippen LogP contribution in [0.15, 0.2) is 45.6 Å². The van der Waals surface area contributed by atoms with Gasteiger partial charge in [-0.2, -0.15) is 0 Å².